The van der Waals surface area contributed by atoms with Gasteiger partial charge in [-0.3, -0.25) is 0 Å². The summed E-state index contributed by atoms with van der Waals surface area (Å²) in [6.07, 6.45) is 8.40. The quantitative estimate of drug-likeness (QED) is 0.750. The van der Waals surface area contributed by atoms with E-state index in [0.29, 0.717) is 0 Å². The lowest BCUT2D eigenvalue weighted by Gasteiger charge is -2.17. The molecular formula is C22H25N. The fourth-order valence-electron chi connectivity index (χ4n) is 3.98. The molecule has 0 spiro atoms. The fraction of sp³-hybridized carbons (Fsp3) is 0.364. The van der Waals surface area contributed by atoms with Crippen LogP contribution in [0.2, 0.25) is 0 Å². The van der Waals surface area contributed by atoms with Crippen LogP contribution in [0.5, 0.6) is 0 Å². The molecule has 0 bridgehead atoms. The lowest BCUT2D eigenvalue weighted by molar-refractivity contribution is 0.425. The van der Waals surface area contributed by atoms with Crippen LogP contribution in [0.25, 0.3) is 6.08 Å². The van der Waals surface area contributed by atoms with E-state index in [1.165, 1.54) is 48.9 Å². The normalized spacial score (nSPS) is 20.0. The molecule has 2 aromatic carbocycles. The summed E-state index contributed by atoms with van der Waals surface area (Å²) in [6.45, 7) is 2.33. The van der Waals surface area contributed by atoms with Crippen LogP contribution in [0.1, 0.15) is 40.7 Å². The summed E-state index contributed by atoms with van der Waals surface area (Å²) in [5.41, 5.74) is 9.09. The molecule has 23 heavy (non-hydrogen) atoms. The van der Waals surface area contributed by atoms with Gasteiger partial charge in [0.2, 0.25) is 0 Å². The lowest BCUT2D eigenvalue weighted by Crippen LogP contribution is -2.11. The minimum atomic E-state index is 1.09. The second-order valence-corrected chi connectivity index (χ2v) is 7.12. The van der Waals surface area contributed by atoms with Crippen LogP contribution >= 0.6 is 0 Å². The Labute approximate surface area is 139 Å². The Balaban J connectivity index is 1.63. The second-order valence-electron chi connectivity index (χ2n) is 7.12. The smallest absolute Gasteiger partial charge is 0.0193 e. The average molecular weight is 303 g/mol. The van der Waals surface area contributed by atoms with Gasteiger partial charge in [0.05, 0.1) is 0 Å². The Morgan fingerprint density at radius 2 is 1.65 bits per heavy atom. The number of likely N-dealkylation sites (tertiary alicyclic amines) is 1. The third-order valence-corrected chi connectivity index (χ3v) is 5.28. The topological polar surface area (TPSA) is 3.24 Å². The minimum Gasteiger partial charge on any atom is -0.302 e. The molecule has 1 heterocycles. The minimum absolute atomic E-state index is 1.09. The zero-order chi connectivity index (χ0) is 15.6. The molecule has 0 amide bonds. The number of hydrogen-bond acceptors (Lipinski definition) is 1. The van der Waals surface area contributed by atoms with Gasteiger partial charge in [-0.25, -0.2) is 0 Å². The molecular weight excluding hydrogens is 278 g/mol. The van der Waals surface area contributed by atoms with Crippen molar-refractivity contribution in [3.63, 3.8) is 0 Å². The standard InChI is InChI=1S/C22H25N/c1-23-12-11-18(16-23)13-17-9-10-22-15-21-6-3-2-5-19(21)7-4-8-20(22)14-17/h2-3,5-6,9-10,13-14H,4,7-8,11-12,15-16H2,1H3/b18-13+. The van der Waals surface area contributed by atoms with Crippen molar-refractivity contribution in [3.05, 3.63) is 75.9 Å². The Morgan fingerprint density at radius 1 is 0.870 bits per heavy atom. The third kappa shape index (κ3) is 3.25. The molecule has 0 atom stereocenters. The first-order valence-corrected chi connectivity index (χ1v) is 8.84. The second kappa shape index (κ2) is 6.33. The first-order chi connectivity index (χ1) is 11.3. The summed E-state index contributed by atoms with van der Waals surface area (Å²) < 4.78 is 0. The van der Waals surface area contributed by atoms with Crippen LogP contribution in [0, 0.1) is 0 Å². The highest BCUT2D eigenvalue weighted by molar-refractivity contribution is 5.56. The van der Waals surface area contributed by atoms with Gasteiger partial charge in [0.1, 0.15) is 0 Å². The molecule has 0 radical (unpaired) electrons. The molecule has 1 saturated heterocycles. The Hall–Kier alpha value is -1.86. The molecule has 0 unspecified atom stereocenters. The van der Waals surface area contributed by atoms with Crippen molar-refractivity contribution >= 4 is 6.08 Å². The van der Waals surface area contributed by atoms with E-state index >= 15 is 0 Å². The average Bonchev–Trinajstić information content (AvgIpc) is 2.94. The highest BCUT2D eigenvalue weighted by Crippen LogP contribution is 2.26. The molecule has 0 N–H and O–H groups in total. The molecule has 1 aliphatic heterocycles. The van der Waals surface area contributed by atoms with Gasteiger partial charge < -0.3 is 4.90 Å². The maximum absolute atomic E-state index is 2.44. The monoisotopic (exact) mass is 303 g/mol. The number of benzene rings is 2. The Kier molecular flexibility index (Phi) is 4.05. The molecule has 4 rings (SSSR count). The van der Waals surface area contributed by atoms with Crippen LogP contribution in [-0.4, -0.2) is 25.0 Å². The van der Waals surface area contributed by atoms with E-state index in [-0.39, 0.29) is 0 Å². The molecule has 1 fully saturated rings. The fourth-order valence-corrected chi connectivity index (χ4v) is 3.98. The number of fused-ring (bicyclic) bond motifs is 2. The highest BCUT2D eigenvalue weighted by atomic mass is 15.1. The molecule has 1 heteroatoms. The van der Waals surface area contributed by atoms with Crippen LogP contribution < -0.4 is 0 Å². The third-order valence-electron chi connectivity index (χ3n) is 5.28. The SMILES string of the molecule is CN1CC/C(=C\c2ccc3c(c2)CCCc2ccccc2C3)C1. The van der Waals surface area contributed by atoms with Gasteiger partial charge in [0.15, 0.2) is 0 Å². The highest BCUT2D eigenvalue weighted by Gasteiger charge is 2.14. The van der Waals surface area contributed by atoms with Gasteiger partial charge in [-0.05, 0) is 67.0 Å². The van der Waals surface area contributed by atoms with E-state index in [4.69, 9.17) is 0 Å². The largest absolute Gasteiger partial charge is 0.302 e. The van der Waals surface area contributed by atoms with E-state index in [1.807, 2.05) is 0 Å². The van der Waals surface area contributed by atoms with Gasteiger partial charge in [-0.2, -0.15) is 0 Å². The predicted molar refractivity (Wildman–Crippen MR) is 97.8 cm³/mol. The first kappa shape index (κ1) is 14.7. The lowest BCUT2D eigenvalue weighted by atomic mass is 9.88. The Morgan fingerprint density at radius 3 is 2.48 bits per heavy atom. The molecule has 1 nitrogen and oxygen atoms in total. The molecule has 1 aliphatic carbocycles. The maximum atomic E-state index is 2.44. The maximum Gasteiger partial charge on any atom is 0.0193 e. The van der Waals surface area contributed by atoms with Gasteiger partial charge in [-0.1, -0.05) is 54.1 Å². The Bertz CT molecular complexity index is 741. The summed E-state index contributed by atoms with van der Waals surface area (Å²) in [5.74, 6) is 0. The summed E-state index contributed by atoms with van der Waals surface area (Å²) in [5, 5.41) is 0. The van der Waals surface area contributed by atoms with Gasteiger partial charge >= 0.3 is 0 Å². The van der Waals surface area contributed by atoms with E-state index in [1.54, 1.807) is 16.7 Å². The van der Waals surface area contributed by atoms with Crippen molar-refractivity contribution < 1.29 is 0 Å². The van der Waals surface area contributed by atoms with Crippen molar-refractivity contribution in [2.24, 2.45) is 0 Å². The van der Waals surface area contributed by atoms with Crippen molar-refractivity contribution in [2.45, 2.75) is 32.1 Å². The van der Waals surface area contributed by atoms with E-state index in [9.17, 15) is 0 Å². The van der Waals surface area contributed by atoms with E-state index < -0.39 is 0 Å². The first-order valence-electron chi connectivity index (χ1n) is 8.84. The molecule has 2 aromatic rings. The van der Waals surface area contributed by atoms with Crippen molar-refractivity contribution in [3.8, 4) is 0 Å². The van der Waals surface area contributed by atoms with Crippen molar-refractivity contribution in [1.82, 2.24) is 4.90 Å². The van der Waals surface area contributed by atoms with Crippen LogP contribution in [0.3, 0.4) is 0 Å². The number of nitrogens with zero attached hydrogens (tertiary/aromatic N) is 1. The number of hydrogen-bond donors (Lipinski definition) is 0. The molecule has 0 saturated carbocycles. The number of likely N-dealkylation sites (N-methyl/N-ethyl adjacent to an activating group) is 1. The van der Waals surface area contributed by atoms with Crippen LogP contribution in [0.4, 0.5) is 0 Å². The van der Waals surface area contributed by atoms with E-state index in [0.717, 1.165) is 13.0 Å². The van der Waals surface area contributed by atoms with Crippen molar-refractivity contribution in [1.29, 1.82) is 0 Å². The number of rotatable bonds is 1. The summed E-state index contributed by atoms with van der Waals surface area (Å²) in [4.78, 5) is 2.40. The van der Waals surface area contributed by atoms with Crippen molar-refractivity contribution in [2.75, 3.05) is 20.1 Å². The zero-order valence-corrected chi connectivity index (χ0v) is 14.0. The van der Waals surface area contributed by atoms with E-state index in [2.05, 4.69) is 60.5 Å². The molecule has 118 valence electrons. The van der Waals surface area contributed by atoms with Crippen LogP contribution in [-0.2, 0) is 19.3 Å². The number of aryl methyl sites for hydroxylation is 2. The molecule has 0 aromatic heterocycles. The zero-order valence-electron chi connectivity index (χ0n) is 14.0. The van der Waals surface area contributed by atoms with Gasteiger partial charge in [0, 0.05) is 13.1 Å². The summed E-state index contributed by atoms with van der Waals surface area (Å²) in [7, 11) is 2.21. The van der Waals surface area contributed by atoms with Gasteiger partial charge in [-0.15, -0.1) is 0 Å². The predicted octanol–water partition coefficient (Wildman–Crippen LogP) is 4.49. The van der Waals surface area contributed by atoms with Crippen LogP contribution in [0.15, 0.2) is 48.0 Å². The van der Waals surface area contributed by atoms with Gasteiger partial charge in [0.25, 0.3) is 0 Å². The summed E-state index contributed by atoms with van der Waals surface area (Å²) in [6, 6.07) is 16.1. The summed E-state index contributed by atoms with van der Waals surface area (Å²) >= 11 is 0. The molecule has 2 aliphatic rings.